The summed E-state index contributed by atoms with van der Waals surface area (Å²) < 4.78 is 26.8. The van der Waals surface area contributed by atoms with Crippen LogP contribution in [0.5, 0.6) is 0 Å². The Balaban J connectivity index is 1.41. The van der Waals surface area contributed by atoms with Crippen molar-refractivity contribution in [2.75, 3.05) is 11.1 Å². The van der Waals surface area contributed by atoms with Gasteiger partial charge in [0.2, 0.25) is 5.91 Å². The van der Waals surface area contributed by atoms with Crippen LogP contribution in [0.15, 0.2) is 70.8 Å². The number of benzene rings is 2. The molecule has 0 spiro atoms. The number of fused-ring (bicyclic) bond motifs is 1. The van der Waals surface area contributed by atoms with E-state index in [1.807, 2.05) is 30.7 Å². The molecule has 0 fully saturated rings. The summed E-state index contributed by atoms with van der Waals surface area (Å²) in [4.78, 5) is 25.9. The number of aryl methyl sites for hydroxylation is 2. The molecule has 0 bridgehead atoms. The third-order valence-electron chi connectivity index (χ3n) is 5.06. The topological polar surface area (TPSA) is 107 Å². The minimum absolute atomic E-state index is 0.129. The maximum absolute atomic E-state index is 12.4. The predicted octanol–water partition coefficient (Wildman–Crippen LogP) is 3.77. The van der Waals surface area contributed by atoms with E-state index in [9.17, 15) is 13.2 Å². The first-order valence-corrected chi connectivity index (χ1v) is 12.9. The molecule has 4 aromatic rings. The lowest BCUT2D eigenvalue weighted by Gasteiger charge is -2.07. The van der Waals surface area contributed by atoms with Gasteiger partial charge in [-0.1, -0.05) is 30.0 Å². The Morgan fingerprint density at radius 1 is 1.09 bits per heavy atom. The van der Waals surface area contributed by atoms with Crippen molar-refractivity contribution in [3.8, 4) is 0 Å². The maximum atomic E-state index is 12.4. The summed E-state index contributed by atoms with van der Waals surface area (Å²) in [5, 5.41) is 3.47. The van der Waals surface area contributed by atoms with Gasteiger partial charge in [0.1, 0.15) is 5.82 Å². The van der Waals surface area contributed by atoms with Crippen molar-refractivity contribution in [1.29, 1.82) is 0 Å². The molecular formula is C23H23N5O3S2. The number of carbonyl (C=O) groups excluding carboxylic acids is 1. The van der Waals surface area contributed by atoms with E-state index in [2.05, 4.69) is 20.3 Å². The second-order valence-electron chi connectivity index (χ2n) is 7.49. The SMILES string of the molecule is Cc1ccnc(SCc2nc3cc(NC(=O)CCS(=O)(=O)c4ccccc4)ccc3n2C)n1. The fourth-order valence-corrected chi connectivity index (χ4v) is 5.40. The van der Waals surface area contributed by atoms with Crippen LogP contribution in [0.3, 0.4) is 0 Å². The molecule has 10 heteroatoms. The summed E-state index contributed by atoms with van der Waals surface area (Å²) in [6.07, 6.45) is 1.61. The van der Waals surface area contributed by atoms with Crippen LogP contribution >= 0.6 is 11.8 Å². The quantitative estimate of drug-likeness (QED) is 0.302. The standard InChI is InChI=1S/C23H23N5O3S2/c1-16-10-12-24-23(25-16)32-15-21-27-19-14-17(8-9-20(19)28(21)2)26-22(29)11-13-33(30,31)18-6-4-3-5-7-18/h3-10,12,14H,11,13,15H2,1-2H3,(H,26,29). The van der Waals surface area contributed by atoms with Crippen LogP contribution < -0.4 is 5.32 Å². The fraction of sp³-hybridized carbons (Fsp3) is 0.217. The zero-order valence-electron chi connectivity index (χ0n) is 18.2. The number of nitrogens with zero attached hydrogens (tertiary/aromatic N) is 4. The molecule has 2 aromatic heterocycles. The molecule has 170 valence electrons. The Hall–Kier alpha value is -3.24. The van der Waals surface area contributed by atoms with E-state index in [-0.39, 0.29) is 23.0 Å². The summed E-state index contributed by atoms with van der Waals surface area (Å²) in [5.41, 5.74) is 3.16. The van der Waals surface area contributed by atoms with Crippen molar-refractivity contribution >= 4 is 44.2 Å². The average molecular weight is 482 g/mol. The van der Waals surface area contributed by atoms with Gasteiger partial charge in [0.05, 0.1) is 27.4 Å². The number of aromatic nitrogens is 4. The Kier molecular flexibility index (Phi) is 6.75. The van der Waals surface area contributed by atoms with Crippen LogP contribution in [0.2, 0.25) is 0 Å². The van der Waals surface area contributed by atoms with Crippen molar-refractivity contribution in [2.45, 2.75) is 29.1 Å². The smallest absolute Gasteiger partial charge is 0.225 e. The number of rotatable bonds is 8. The number of amides is 1. The second kappa shape index (κ2) is 9.72. The van der Waals surface area contributed by atoms with E-state index >= 15 is 0 Å². The van der Waals surface area contributed by atoms with Crippen molar-refractivity contribution in [3.05, 3.63) is 72.3 Å². The second-order valence-corrected chi connectivity index (χ2v) is 10.5. The molecule has 2 heterocycles. The van der Waals surface area contributed by atoms with Gasteiger partial charge in [0.15, 0.2) is 15.0 Å². The molecule has 0 aliphatic heterocycles. The van der Waals surface area contributed by atoms with Crippen LogP contribution in [0, 0.1) is 6.92 Å². The highest BCUT2D eigenvalue weighted by atomic mass is 32.2. The Morgan fingerprint density at radius 2 is 1.88 bits per heavy atom. The molecule has 0 radical (unpaired) electrons. The van der Waals surface area contributed by atoms with E-state index in [1.165, 1.54) is 23.9 Å². The van der Waals surface area contributed by atoms with Crippen LogP contribution in [0.4, 0.5) is 5.69 Å². The lowest BCUT2D eigenvalue weighted by atomic mass is 10.2. The third-order valence-corrected chi connectivity index (χ3v) is 7.65. The van der Waals surface area contributed by atoms with Gasteiger partial charge in [0.25, 0.3) is 0 Å². The third kappa shape index (κ3) is 5.58. The molecule has 1 N–H and O–H groups in total. The zero-order chi connectivity index (χ0) is 23.4. The molecule has 0 aliphatic rings. The molecule has 0 atom stereocenters. The number of imidazole rings is 1. The summed E-state index contributed by atoms with van der Waals surface area (Å²) in [5.74, 6) is 0.847. The monoisotopic (exact) mass is 481 g/mol. The number of nitrogens with one attached hydrogen (secondary N) is 1. The zero-order valence-corrected chi connectivity index (χ0v) is 19.9. The normalized spacial score (nSPS) is 11.6. The summed E-state index contributed by atoms with van der Waals surface area (Å²) in [7, 11) is -1.57. The maximum Gasteiger partial charge on any atom is 0.225 e. The molecular weight excluding hydrogens is 458 g/mol. The number of carbonyl (C=O) groups is 1. The van der Waals surface area contributed by atoms with Crippen molar-refractivity contribution in [1.82, 2.24) is 19.5 Å². The summed E-state index contributed by atoms with van der Waals surface area (Å²) in [6.45, 7) is 1.92. The molecule has 2 aromatic carbocycles. The number of hydrogen-bond donors (Lipinski definition) is 1. The molecule has 4 rings (SSSR count). The first-order chi connectivity index (χ1) is 15.8. The van der Waals surface area contributed by atoms with Gasteiger partial charge in [-0.05, 0) is 43.3 Å². The van der Waals surface area contributed by atoms with E-state index in [1.54, 1.807) is 36.5 Å². The molecule has 0 unspecified atom stereocenters. The van der Waals surface area contributed by atoms with E-state index in [0.29, 0.717) is 16.6 Å². The van der Waals surface area contributed by atoms with Crippen LogP contribution in [-0.4, -0.2) is 39.6 Å². The number of sulfone groups is 1. The van der Waals surface area contributed by atoms with Gasteiger partial charge in [-0.2, -0.15) is 0 Å². The predicted molar refractivity (Wildman–Crippen MR) is 129 cm³/mol. The first-order valence-electron chi connectivity index (χ1n) is 10.3. The van der Waals surface area contributed by atoms with Crippen molar-refractivity contribution in [3.63, 3.8) is 0 Å². The van der Waals surface area contributed by atoms with Gasteiger partial charge < -0.3 is 9.88 Å². The van der Waals surface area contributed by atoms with Crippen LogP contribution in [0.25, 0.3) is 11.0 Å². The molecule has 0 saturated carbocycles. The minimum atomic E-state index is -3.51. The molecule has 8 nitrogen and oxygen atoms in total. The minimum Gasteiger partial charge on any atom is -0.330 e. The summed E-state index contributed by atoms with van der Waals surface area (Å²) in [6, 6.07) is 15.4. The van der Waals surface area contributed by atoms with Gasteiger partial charge in [-0.3, -0.25) is 4.79 Å². The fourth-order valence-electron chi connectivity index (χ4n) is 3.28. The highest BCUT2D eigenvalue weighted by molar-refractivity contribution is 7.98. The molecule has 33 heavy (non-hydrogen) atoms. The molecule has 0 saturated heterocycles. The Morgan fingerprint density at radius 3 is 2.64 bits per heavy atom. The Bertz CT molecular complexity index is 1400. The largest absolute Gasteiger partial charge is 0.330 e. The van der Waals surface area contributed by atoms with E-state index < -0.39 is 9.84 Å². The number of thioether (sulfide) groups is 1. The first kappa shape index (κ1) is 22.9. The van der Waals surface area contributed by atoms with Gasteiger partial charge in [-0.25, -0.2) is 23.4 Å². The van der Waals surface area contributed by atoms with Crippen molar-refractivity contribution in [2.24, 2.45) is 7.05 Å². The number of hydrogen-bond acceptors (Lipinski definition) is 7. The van der Waals surface area contributed by atoms with E-state index in [0.717, 1.165) is 22.6 Å². The molecule has 0 aliphatic carbocycles. The molecule has 1 amide bonds. The van der Waals surface area contributed by atoms with Crippen LogP contribution in [-0.2, 0) is 27.4 Å². The van der Waals surface area contributed by atoms with Gasteiger partial charge in [-0.15, -0.1) is 0 Å². The van der Waals surface area contributed by atoms with Crippen molar-refractivity contribution < 1.29 is 13.2 Å². The highest BCUT2D eigenvalue weighted by Gasteiger charge is 2.17. The van der Waals surface area contributed by atoms with Crippen LogP contribution in [0.1, 0.15) is 17.9 Å². The van der Waals surface area contributed by atoms with E-state index in [4.69, 9.17) is 0 Å². The lowest BCUT2D eigenvalue weighted by Crippen LogP contribution is -2.17. The highest BCUT2D eigenvalue weighted by Crippen LogP contribution is 2.24. The summed E-state index contributed by atoms with van der Waals surface area (Å²) >= 11 is 1.51. The lowest BCUT2D eigenvalue weighted by molar-refractivity contribution is -0.115. The average Bonchev–Trinajstić information content (AvgIpc) is 3.12. The number of anilines is 1. The Labute approximate surface area is 196 Å². The van der Waals surface area contributed by atoms with Gasteiger partial charge >= 0.3 is 0 Å². The van der Waals surface area contributed by atoms with Gasteiger partial charge in [0, 0.05) is 31.0 Å².